The molecule has 0 aromatic heterocycles. The smallest absolute Gasteiger partial charge is 0.0830 e. The molecule has 1 heteroatoms. The minimum atomic E-state index is 0.297. The van der Waals surface area contributed by atoms with Gasteiger partial charge in [-0.3, -0.25) is 0 Å². The van der Waals surface area contributed by atoms with Gasteiger partial charge in [0.05, 0.1) is 6.10 Å². The van der Waals surface area contributed by atoms with Crippen LogP contribution in [0, 0.1) is 6.42 Å². The van der Waals surface area contributed by atoms with Crippen molar-refractivity contribution in [1.82, 2.24) is 0 Å². The van der Waals surface area contributed by atoms with Gasteiger partial charge in [0.1, 0.15) is 0 Å². The Bertz CT molecular complexity index is 255. The summed E-state index contributed by atoms with van der Waals surface area (Å²) in [7, 11) is 1.76. The summed E-state index contributed by atoms with van der Waals surface area (Å²) in [5.74, 6) is 0. The maximum atomic E-state index is 5.31. The van der Waals surface area contributed by atoms with Crippen LogP contribution in [0.15, 0.2) is 24.3 Å². The molecule has 1 nitrogen and oxygen atoms in total. The van der Waals surface area contributed by atoms with Crippen LogP contribution in [0.25, 0.3) is 0 Å². The topological polar surface area (TPSA) is 9.23 Å². The van der Waals surface area contributed by atoms with Crippen LogP contribution in [0.1, 0.15) is 23.7 Å². The van der Waals surface area contributed by atoms with Crippen molar-refractivity contribution in [3.63, 3.8) is 0 Å². The molecule has 0 saturated heterocycles. The Hall–Kier alpha value is -0.820. The maximum absolute atomic E-state index is 5.31. The first-order chi connectivity index (χ1) is 5.42. The van der Waals surface area contributed by atoms with E-state index in [4.69, 9.17) is 4.74 Å². The van der Waals surface area contributed by atoms with Gasteiger partial charge in [-0.05, 0) is 24.0 Å². The monoisotopic (exact) mass is 147 g/mol. The summed E-state index contributed by atoms with van der Waals surface area (Å²) in [5.41, 5.74) is 2.66. The number of hydrogen-bond acceptors (Lipinski definition) is 1. The van der Waals surface area contributed by atoms with Gasteiger partial charge >= 0.3 is 0 Å². The third kappa shape index (κ3) is 1.05. The van der Waals surface area contributed by atoms with Crippen LogP contribution in [-0.2, 0) is 4.74 Å². The Balaban J connectivity index is 2.39. The van der Waals surface area contributed by atoms with E-state index in [9.17, 15) is 0 Å². The van der Waals surface area contributed by atoms with E-state index in [-0.39, 0.29) is 0 Å². The fourth-order valence-electron chi connectivity index (χ4n) is 1.57. The summed E-state index contributed by atoms with van der Waals surface area (Å²) in [4.78, 5) is 0. The third-order valence-corrected chi connectivity index (χ3v) is 2.18. The van der Waals surface area contributed by atoms with Crippen LogP contribution in [0.4, 0.5) is 0 Å². The molecule has 0 fully saturated rings. The minimum Gasteiger partial charge on any atom is -0.377 e. The van der Waals surface area contributed by atoms with Crippen molar-refractivity contribution in [3.05, 3.63) is 41.8 Å². The van der Waals surface area contributed by atoms with Gasteiger partial charge in [0.25, 0.3) is 0 Å². The van der Waals surface area contributed by atoms with Crippen molar-refractivity contribution < 1.29 is 4.74 Å². The molecule has 0 aliphatic heterocycles. The molecule has 1 aliphatic carbocycles. The number of benzene rings is 1. The van der Waals surface area contributed by atoms with E-state index in [1.54, 1.807) is 7.11 Å². The maximum Gasteiger partial charge on any atom is 0.0830 e. The number of fused-ring (bicyclic) bond motifs is 1. The molecule has 0 bridgehead atoms. The average Bonchev–Trinajstić information content (AvgIpc) is 2.47. The van der Waals surface area contributed by atoms with Crippen LogP contribution in [0.5, 0.6) is 0 Å². The largest absolute Gasteiger partial charge is 0.377 e. The van der Waals surface area contributed by atoms with Crippen LogP contribution < -0.4 is 0 Å². The van der Waals surface area contributed by atoms with Crippen LogP contribution in [-0.4, -0.2) is 7.11 Å². The Morgan fingerprint density at radius 2 is 2.18 bits per heavy atom. The van der Waals surface area contributed by atoms with Gasteiger partial charge in [-0.15, -0.1) is 0 Å². The summed E-state index contributed by atoms with van der Waals surface area (Å²) in [6.07, 6.45) is 3.55. The van der Waals surface area contributed by atoms with Crippen molar-refractivity contribution in [2.24, 2.45) is 0 Å². The first-order valence-corrected chi connectivity index (χ1v) is 3.87. The average molecular weight is 147 g/mol. The van der Waals surface area contributed by atoms with Crippen LogP contribution >= 0.6 is 0 Å². The first kappa shape index (κ1) is 6.86. The van der Waals surface area contributed by atoms with E-state index in [1.165, 1.54) is 11.1 Å². The highest BCUT2D eigenvalue weighted by Gasteiger charge is 2.20. The molecule has 0 saturated carbocycles. The van der Waals surface area contributed by atoms with Gasteiger partial charge in [-0.2, -0.15) is 0 Å². The van der Waals surface area contributed by atoms with Crippen LogP contribution in [0.2, 0.25) is 0 Å². The molecule has 0 amide bonds. The zero-order valence-corrected chi connectivity index (χ0v) is 6.58. The molecule has 1 aromatic carbocycles. The molecule has 0 spiro atoms. The molecular formula is C10H11O. The highest BCUT2D eigenvalue weighted by atomic mass is 16.5. The number of ether oxygens (including phenoxy) is 1. The lowest BCUT2D eigenvalue weighted by Gasteiger charge is -2.07. The molecule has 1 radical (unpaired) electrons. The van der Waals surface area contributed by atoms with Gasteiger partial charge in [0.15, 0.2) is 0 Å². The summed E-state index contributed by atoms with van der Waals surface area (Å²) in [5, 5.41) is 0. The summed E-state index contributed by atoms with van der Waals surface area (Å²) >= 11 is 0. The highest BCUT2D eigenvalue weighted by molar-refractivity contribution is 5.39. The molecule has 57 valence electrons. The van der Waals surface area contributed by atoms with Crippen molar-refractivity contribution in [1.29, 1.82) is 0 Å². The number of hydrogen-bond donors (Lipinski definition) is 0. The van der Waals surface area contributed by atoms with Gasteiger partial charge in [-0.25, -0.2) is 0 Å². The van der Waals surface area contributed by atoms with Crippen molar-refractivity contribution in [2.45, 2.75) is 12.5 Å². The van der Waals surface area contributed by atoms with Gasteiger partial charge in [0, 0.05) is 7.11 Å². The lowest BCUT2D eigenvalue weighted by molar-refractivity contribution is 0.110. The van der Waals surface area contributed by atoms with E-state index in [2.05, 4.69) is 30.7 Å². The van der Waals surface area contributed by atoms with E-state index in [0.29, 0.717) is 6.10 Å². The second-order valence-corrected chi connectivity index (χ2v) is 2.79. The van der Waals surface area contributed by atoms with E-state index < -0.39 is 0 Å². The Morgan fingerprint density at radius 1 is 1.36 bits per heavy atom. The fourth-order valence-corrected chi connectivity index (χ4v) is 1.57. The zero-order chi connectivity index (χ0) is 7.68. The second-order valence-electron chi connectivity index (χ2n) is 2.79. The standard InChI is InChI=1S/C10H11O/c1-11-10-7-6-8-4-2-3-5-9(8)10/h2-6,10H,7H2,1H3. The van der Waals surface area contributed by atoms with Gasteiger partial charge < -0.3 is 4.74 Å². The second kappa shape index (κ2) is 2.67. The van der Waals surface area contributed by atoms with Crippen molar-refractivity contribution in [3.8, 4) is 0 Å². The lowest BCUT2D eigenvalue weighted by atomic mass is 10.1. The lowest BCUT2D eigenvalue weighted by Crippen LogP contribution is -1.94. The summed E-state index contributed by atoms with van der Waals surface area (Å²) in [6, 6.07) is 8.39. The molecule has 0 heterocycles. The van der Waals surface area contributed by atoms with E-state index in [1.807, 2.05) is 0 Å². The molecule has 1 unspecified atom stereocenters. The fraction of sp³-hybridized carbons (Fsp3) is 0.300. The quantitative estimate of drug-likeness (QED) is 0.592. The summed E-state index contributed by atoms with van der Waals surface area (Å²) < 4.78 is 5.31. The van der Waals surface area contributed by atoms with Gasteiger partial charge in [0.2, 0.25) is 0 Å². The predicted octanol–water partition coefficient (Wildman–Crippen LogP) is 2.33. The Kier molecular flexibility index (Phi) is 1.66. The van der Waals surface area contributed by atoms with Gasteiger partial charge in [-0.1, -0.05) is 24.3 Å². The van der Waals surface area contributed by atoms with Crippen molar-refractivity contribution in [2.75, 3.05) is 7.11 Å². The molecule has 2 rings (SSSR count). The number of methoxy groups -OCH3 is 1. The zero-order valence-electron chi connectivity index (χ0n) is 6.58. The van der Waals surface area contributed by atoms with Crippen LogP contribution in [0.3, 0.4) is 0 Å². The molecule has 1 atom stereocenters. The summed E-state index contributed by atoms with van der Waals surface area (Å²) in [6.45, 7) is 0. The Labute approximate surface area is 67.0 Å². The van der Waals surface area contributed by atoms with Crippen molar-refractivity contribution >= 4 is 0 Å². The molecule has 0 N–H and O–H groups in total. The number of rotatable bonds is 1. The van der Waals surface area contributed by atoms with E-state index >= 15 is 0 Å². The van der Waals surface area contributed by atoms with E-state index in [0.717, 1.165) is 6.42 Å². The Morgan fingerprint density at radius 3 is 3.00 bits per heavy atom. The normalized spacial score (nSPS) is 21.7. The highest BCUT2D eigenvalue weighted by Crippen LogP contribution is 2.34. The SMILES string of the molecule is COC1C[CH]c2ccccc21. The molecule has 11 heavy (non-hydrogen) atoms. The molecular weight excluding hydrogens is 136 g/mol. The first-order valence-electron chi connectivity index (χ1n) is 3.87. The molecule has 1 aromatic rings. The predicted molar refractivity (Wildman–Crippen MR) is 44.2 cm³/mol. The molecule has 1 aliphatic rings. The third-order valence-electron chi connectivity index (χ3n) is 2.18. The minimum absolute atomic E-state index is 0.297.